The summed E-state index contributed by atoms with van der Waals surface area (Å²) in [5, 5.41) is 27.8. The molecule has 10 nitrogen and oxygen atoms in total. The Hall–Kier alpha value is -2.86. The monoisotopic (exact) mass is 856 g/mol. The summed E-state index contributed by atoms with van der Waals surface area (Å²) < 4.78 is 0. The fourth-order valence-electron chi connectivity index (χ4n) is 13.4. The Kier molecular flexibility index (Phi) is 13.2. The molecule has 0 saturated carbocycles. The highest BCUT2D eigenvalue weighted by atomic mass is 16.5. The molecule has 4 fully saturated rings. The van der Waals surface area contributed by atoms with Crippen molar-refractivity contribution in [3.05, 3.63) is 70.8 Å². The van der Waals surface area contributed by atoms with E-state index in [1.807, 2.05) is 48.5 Å². The van der Waals surface area contributed by atoms with E-state index >= 15 is 0 Å². The van der Waals surface area contributed by atoms with Crippen molar-refractivity contribution in [1.82, 2.24) is 36.1 Å². The van der Waals surface area contributed by atoms with Crippen molar-refractivity contribution < 1.29 is 14.8 Å². The maximum Gasteiger partial charge on any atom is 0.254 e. The molecule has 0 spiro atoms. The third-order valence-electron chi connectivity index (χ3n) is 13.8. The van der Waals surface area contributed by atoms with Gasteiger partial charge in [0.1, 0.15) is 0 Å². The van der Waals surface area contributed by atoms with Crippen LogP contribution in [0.5, 0.6) is 0 Å². The molecule has 0 bridgehead atoms. The quantitative estimate of drug-likeness (QED) is 0.151. The Morgan fingerprint density at radius 3 is 0.806 bits per heavy atom. The maximum atomic E-state index is 14.8. The first-order chi connectivity index (χ1) is 28.2. The standard InChI is InChI=1S/C52H85N7O3/c1-45(2)25-39(26-46(3,4)53-45)58(40-27-47(5,6)54-48(7,8)28-40)43(60)37-21-17-35(18-22-37)33-57(62)34-36-19-23-38(24-20-36)44(61)59(41-29-49(9,10)55-50(11,12)30-41)42-31-51(13,14)56-52(15,16)32-42/h17-24,39-42,53-56,62H,25-34H2,1-16H3. The molecule has 2 amide bonds. The number of rotatable bonds is 10. The van der Waals surface area contributed by atoms with Gasteiger partial charge in [0.25, 0.3) is 11.8 Å². The summed E-state index contributed by atoms with van der Waals surface area (Å²) in [6, 6.07) is 16.1. The second-order valence-electron chi connectivity index (χ2n) is 25.5. The summed E-state index contributed by atoms with van der Waals surface area (Å²) in [4.78, 5) is 34.0. The van der Waals surface area contributed by atoms with Crippen molar-refractivity contribution in [3.8, 4) is 0 Å². The number of amides is 2. The SMILES string of the molecule is CC1(C)CC(N(C(=O)c2ccc(CN(O)Cc3ccc(C(=O)N(C4CC(C)(C)NC(C)(C)C4)C4CC(C)(C)NC(C)(C)C4)cc3)cc2)C2CC(C)(C)NC(C)(C)C2)CC(C)(C)N1. The van der Waals surface area contributed by atoms with Gasteiger partial charge in [-0.05, 0) is 198 Å². The molecule has 6 rings (SSSR count). The van der Waals surface area contributed by atoms with Gasteiger partial charge in [-0.2, -0.15) is 5.06 Å². The topological polar surface area (TPSA) is 112 Å². The minimum absolute atomic E-state index is 0.0859. The number of hydroxylamine groups is 2. The third-order valence-corrected chi connectivity index (χ3v) is 13.8. The van der Waals surface area contributed by atoms with Gasteiger partial charge in [0.15, 0.2) is 0 Å². The lowest BCUT2D eigenvalue weighted by Gasteiger charge is -2.55. The minimum Gasteiger partial charge on any atom is -0.332 e. The van der Waals surface area contributed by atoms with Gasteiger partial charge in [0, 0.05) is 92.7 Å². The van der Waals surface area contributed by atoms with Crippen LogP contribution in [0.3, 0.4) is 0 Å². The van der Waals surface area contributed by atoms with E-state index in [0.717, 1.165) is 62.5 Å². The van der Waals surface area contributed by atoms with Gasteiger partial charge in [-0.1, -0.05) is 24.3 Å². The highest BCUT2D eigenvalue weighted by Gasteiger charge is 2.49. The van der Waals surface area contributed by atoms with Crippen LogP contribution in [0.2, 0.25) is 0 Å². The van der Waals surface area contributed by atoms with Crippen LogP contribution >= 0.6 is 0 Å². The van der Waals surface area contributed by atoms with Crippen LogP contribution in [0, 0.1) is 0 Å². The summed E-state index contributed by atoms with van der Waals surface area (Å²) in [5.74, 6) is 0.172. The number of nitrogens with zero attached hydrogens (tertiary/aromatic N) is 3. The first-order valence-electron chi connectivity index (χ1n) is 23.7. The fourth-order valence-corrected chi connectivity index (χ4v) is 13.4. The largest absolute Gasteiger partial charge is 0.332 e. The molecule has 4 aliphatic heterocycles. The van der Waals surface area contributed by atoms with Gasteiger partial charge in [-0.25, -0.2) is 0 Å². The maximum absolute atomic E-state index is 14.8. The van der Waals surface area contributed by atoms with Gasteiger partial charge >= 0.3 is 0 Å². The Bertz CT molecular complexity index is 1630. The highest BCUT2D eigenvalue weighted by Crippen LogP contribution is 2.41. The first-order valence-corrected chi connectivity index (χ1v) is 23.7. The van der Waals surface area contributed by atoms with Crippen LogP contribution in [0.15, 0.2) is 48.5 Å². The van der Waals surface area contributed by atoms with E-state index in [0.29, 0.717) is 24.2 Å². The zero-order chi connectivity index (χ0) is 46.1. The average Bonchev–Trinajstić information content (AvgIpc) is 3.03. The van der Waals surface area contributed by atoms with E-state index in [-0.39, 0.29) is 80.3 Å². The van der Waals surface area contributed by atoms with Gasteiger partial charge < -0.3 is 36.3 Å². The molecule has 0 atom stereocenters. The molecule has 4 heterocycles. The van der Waals surface area contributed by atoms with E-state index in [2.05, 4.69) is 142 Å². The van der Waals surface area contributed by atoms with E-state index in [9.17, 15) is 14.8 Å². The van der Waals surface area contributed by atoms with Crippen LogP contribution < -0.4 is 21.3 Å². The summed E-state index contributed by atoms with van der Waals surface area (Å²) in [5.41, 5.74) is 2.41. The normalized spacial score (nSPS) is 25.6. The molecular weight excluding hydrogens is 771 g/mol. The van der Waals surface area contributed by atoms with Crippen molar-refractivity contribution in [3.63, 3.8) is 0 Å². The number of carbonyl (C=O) groups is 2. The molecule has 0 aromatic heterocycles. The molecule has 2 aromatic rings. The molecule has 10 heteroatoms. The molecule has 0 aliphatic carbocycles. The van der Waals surface area contributed by atoms with Crippen LogP contribution in [0.25, 0.3) is 0 Å². The van der Waals surface area contributed by atoms with Crippen LogP contribution in [0.4, 0.5) is 0 Å². The number of hydrogen-bond donors (Lipinski definition) is 5. The van der Waals surface area contributed by atoms with Crippen LogP contribution in [-0.4, -0.2) is 100 Å². The Balaban J connectivity index is 1.16. The average molecular weight is 856 g/mol. The molecular formula is C52H85N7O3. The molecule has 4 aliphatic rings. The zero-order valence-corrected chi connectivity index (χ0v) is 41.6. The van der Waals surface area contributed by atoms with Crippen LogP contribution in [0.1, 0.15) is 194 Å². The second kappa shape index (κ2) is 16.8. The lowest BCUT2D eigenvalue weighted by atomic mass is 9.75. The van der Waals surface area contributed by atoms with Crippen LogP contribution in [-0.2, 0) is 13.1 Å². The predicted molar refractivity (Wildman–Crippen MR) is 254 cm³/mol. The minimum atomic E-state index is -0.100. The van der Waals surface area contributed by atoms with Crippen molar-refractivity contribution in [2.75, 3.05) is 0 Å². The Labute approximate surface area is 376 Å². The zero-order valence-electron chi connectivity index (χ0n) is 41.6. The van der Waals surface area contributed by atoms with E-state index in [4.69, 9.17) is 0 Å². The molecule has 5 N–H and O–H groups in total. The van der Waals surface area contributed by atoms with Gasteiger partial charge in [0.2, 0.25) is 0 Å². The summed E-state index contributed by atoms with van der Waals surface area (Å²) in [6.45, 7) is 36.7. The lowest BCUT2D eigenvalue weighted by Crippen LogP contribution is -2.67. The molecule has 4 saturated heterocycles. The highest BCUT2D eigenvalue weighted by molar-refractivity contribution is 5.95. The summed E-state index contributed by atoms with van der Waals surface area (Å²) >= 11 is 0. The van der Waals surface area contributed by atoms with E-state index in [1.165, 1.54) is 5.06 Å². The Morgan fingerprint density at radius 2 is 0.613 bits per heavy atom. The third kappa shape index (κ3) is 12.3. The fraction of sp³-hybridized carbons (Fsp3) is 0.731. The van der Waals surface area contributed by atoms with E-state index in [1.54, 1.807) is 0 Å². The van der Waals surface area contributed by atoms with Crippen molar-refractivity contribution in [1.29, 1.82) is 0 Å². The summed E-state index contributed by atoms with van der Waals surface area (Å²) in [7, 11) is 0. The van der Waals surface area contributed by atoms with Gasteiger partial charge in [-0.3, -0.25) is 9.59 Å². The predicted octanol–water partition coefficient (Wildman–Crippen LogP) is 9.20. The smallest absolute Gasteiger partial charge is 0.254 e. The Morgan fingerprint density at radius 1 is 0.419 bits per heavy atom. The van der Waals surface area contributed by atoms with Crippen molar-refractivity contribution in [2.24, 2.45) is 0 Å². The number of nitrogens with one attached hydrogen (secondary N) is 4. The van der Waals surface area contributed by atoms with Gasteiger partial charge in [0.05, 0.1) is 0 Å². The molecule has 2 aromatic carbocycles. The number of piperidine rings is 4. The lowest BCUT2D eigenvalue weighted by molar-refractivity contribution is -0.108. The second-order valence-corrected chi connectivity index (χ2v) is 25.5. The van der Waals surface area contributed by atoms with E-state index < -0.39 is 0 Å². The van der Waals surface area contributed by atoms with Crippen molar-refractivity contribution in [2.45, 2.75) is 244 Å². The molecule has 0 unspecified atom stereocenters. The number of carbonyl (C=O) groups excluding carboxylic acids is 2. The molecule has 0 radical (unpaired) electrons. The van der Waals surface area contributed by atoms with Gasteiger partial charge in [-0.15, -0.1) is 0 Å². The van der Waals surface area contributed by atoms with Crippen molar-refractivity contribution >= 4 is 11.8 Å². The summed E-state index contributed by atoms with van der Waals surface area (Å²) in [6.07, 6.45) is 7.13. The molecule has 346 valence electrons. The number of benzene rings is 2. The number of hydrogen-bond acceptors (Lipinski definition) is 8. The first kappa shape index (κ1) is 48.6. The molecule has 62 heavy (non-hydrogen) atoms.